The fourth-order valence-electron chi connectivity index (χ4n) is 2.41. The number of hydrogen-bond donors (Lipinski definition) is 1. The number of nitrogens with zero attached hydrogens (tertiary/aromatic N) is 2. The van der Waals surface area contributed by atoms with E-state index in [1.54, 1.807) is 6.08 Å². The zero-order chi connectivity index (χ0) is 17.6. The van der Waals surface area contributed by atoms with E-state index in [2.05, 4.69) is 5.32 Å². The topological polar surface area (TPSA) is 57.8 Å². The van der Waals surface area contributed by atoms with E-state index in [0.717, 1.165) is 16.8 Å². The fourth-order valence-corrected chi connectivity index (χ4v) is 2.41. The second-order valence-electron chi connectivity index (χ2n) is 5.68. The lowest BCUT2D eigenvalue weighted by Crippen LogP contribution is -2.13. The zero-order valence-electron chi connectivity index (χ0n) is 13.8. The molecule has 0 fully saturated rings. The second-order valence-corrected chi connectivity index (χ2v) is 5.68. The number of aryl methyl sites for hydroxylation is 1. The molecule has 0 unspecified atom stereocenters. The van der Waals surface area contributed by atoms with E-state index < -0.39 is 5.91 Å². The monoisotopic (exact) mass is 327 g/mol. The van der Waals surface area contributed by atoms with Crippen LogP contribution in [-0.4, -0.2) is 10.5 Å². The van der Waals surface area contributed by atoms with Gasteiger partial charge >= 0.3 is 0 Å². The van der Waals surface area contributed by atoms with Crippen LogP contribution in [0, 0.1) is 18.3 Å². The fraction of sp³-hybridized carbons (Fsp3) is 0.0476. The molecule has 0 atom stereocenters. The molecule has 2 aromatic carbocycles. The molecule has 3 aromatic rings. The lowest BCUT2D eigenvalue weighted by Gasteiger charge is -2.04. The molecule has 0 aliphatic heterocycles. The Balaban J connectivity index is 1.78. The van der Waals surface area contributed by atoms with Gasteiger partial charge in [-0.1, -0.05) is 35.9 Å². The molecule has 1 amide bonds. The Bertz CT molecular complexity index is 945. The SMILES string of the molecule is Cc1ccc(NC(=O)/C(C#N)=C/c2ccn(-c3ccccc3)c2)cc1. The van der Waals surface area contributed by atoms with Crippen molar-refractivity contribution >= 4 is 17.7 Å². The van der Waals surface area contributed by atoms with Crippen LogP contribution in [0.4, 0.5) is 5.69 Å². The van der Waals surface area contributed by atoms with Crippen molar-refractivity contribution in [1.29, 1.82) is 5.26 Å². The van der Waals surface area contributed by atoms with Crippen LogP contribution in [0.1, 0.15) is 11.1 Å². The van der Waals surface area contributed by atoms with Crippen LogP contribution in [-0.2, 0) is 4.79 Å². The summed E-state index contributed by atoms with van der Waals surface area (Å²) in [5.41, 5.74) is 3.64. The Morgan fingerprint density at radius 3 is 2.48 bits per heavy atom. The average molecular weight is 327 g/mol. The summed E-state index contributed by atoms with van der Waals surface area (Å²) < 4.78 is 1.94. The van der Waals surface area contributed by atoms with Crippen LogP contribution in [0.3, 0.4) is 0 Å². The van der Waals surface area contributed by atoms with Gasteiger partial charge in [-0.05, 0) is 48.9 Å². The van der Waals surface area contributed by atoms with Gasteiger partial charge in [0.15, 0.2) is 0 Å². The number of carbonyl (C=O) groups excluding carboxylic acids is 1. The predicted molar refractivity (Wildman–Crippen MR) is 99.2 cm³/mol. The molecule has 0 spiro atoms. The zero-order valence-corrected chi connectivity index (χ0v) is 13.8. The van der Waals surface area contributed by atoms with Crippen molar-refractivity contribution in [3.05, 3.63) is 89.8 Å². The Morgan fingerprint density at radius 2 is 1.80 bits per heavy atom. The van der Waals surface area contributed by atoms with Gasteiger partial charge in [0.25, 0.3) is 5.91 Å². The smallest absolute Gasteiger partial charge is 0.266 e. The third-order valence-electron chi connectivity index (χ3n) is 3.76. The quantitative estimate of drug-likeness (QED) is 0.573. The third-order valence-corrected chi connectivity index (χ3v) is 3.76. The number of hydrogen-bond acceptors (Lipinski definition) is 2. The third kappa shape index (κ3) is 4.04. The molecule has 3 rings (SSSR count). The van der Waals surface area contributed by atoms with Gasteiger partial charge in [-0.15, -0.1) is 0 Å². The van der Waals surface area contributed by atoms with Crippen molar-refractivity contribution in [3.63, 3.8) is 0 Å². The average Bonchev–Trinajstić information content (AvgIpc) is 3.11. The number of carbonyl (C=O) groups is 1. The minimum Gasteiger partial charge on any atom is -0.323 e. The van der Waals surface area contributed by atoms with Crippen LogP contribution in [0.15, 0.2) is 78.6 Å². The Morgan fingerprint density at radius 1 is 1.08 bits per heavy atom. The van der Waals surface area contributed by atoms with Crippen LogP contribution >= 0.6 is 0 Å². The van der Waals surface area contributed by atoms with Gasteiger partial charge in [0.1, 0.15) is 11.6 Å². The summed E-state index contributed by atoms with van der Waals surface area (Å²) in [6.07, 6.45) is 5.36. The maximum Gasteiger partial charge on any atom is 0.266 e. The highest BCUT2D eigenvalue weighted by atomic mass is 16.1. The molecule has 0 radical (unpaired) electrons. The molecule has 0 saturated heterocycles. The van der Waals surface area contributed by atoms with Gasteiger partial charge in [-0.2, -0.15) is 5.26 Å². The maximum atomic E-state index is 12.3. The number of benzene rings is 2. The highest BCUT2D eigenvalue weighted by Gasteiger charge is 2.10. The Labute approximate surface area is 146 Å². The van der Waals surface area contributed by atoms with Gasteiger partial charge < -0.3 is 9.88 Å². The van der Waals surface area contributed by atoms with E-state index in [4.69, 9.17) is 0 Å². The Hall–Kier alpha value is -3.58. The molecule has 1 N–H and O–H groups in total. The van der Waals surface area contributed by atoms with Crippen LogP contribution in [0.5, 0.6) is 0 Å². The largest absolute Gasteiger partial charge is 0.323 e. The van der Waals surface area contributed by atoms with Gasteiger partial charge in [0.05, 0.1) is 0 Å². The standard InChI is InChI=1S/C21H17N3O/c1-16-7-9-19(10-8-16)23-21(25)18(14-22)13-17-11-12-24(15-17)20-5-3-2-4-6-20/h2-13,15H,1H3,(H,23,25)/b18-13+. The van der Waals surface area contributed by atoms with Gasteiger partial charge in [-0.3, -0.25) is 4.79 Å². The summed E-state index contributed by atoms with van der Waals surface area (Å²) in [7, 11) is 0. The van der Waals surface area contributed by atoms with Crippen LogP contribution in [0.25, 0.3) is 11.8 Å². The number of para-hydroxylation sites is 1. The van der Waals surface area contributed by atoms with Gasteiger partial charge in [-0.25, -0.2) is 0 Å². The first kappa shape index (κ1) is 16.3. The number of amides is 1. The molecule has 0 aliphatic carbocycles. The lowest BCUT2D eigenvalue weighted by molar-refractivity contribution is -0.112. The van der Waals surface area contributed by atoms with E-state index in [9.17, 15) is 10.1 Å². The molecule has 0 aliphatic rings. The summed E-state index contributed by atoms with van der Waals surface area (Å²) in [6, 6.07) is 21.1. The first-order valence-electron chi connectivity index (χ1n) is 7.89. The summed E-state index contributed by atoms with van der Waals surface area (Å²) >= 11 is 0. The van der Waals surface area contributed by atoms with Gasteiger partial charge in [0, 0.05) is 23.8 Å². The minimum atomic E-state index is -0.418. The lowest BCUT2D eigenvalue weighted by atomic mass is 10.1. The second kappa shape index (κ2) is 7.33. The molecule has 122 valence electrons. The highest BCUT2D eigenvalue weighted by Crippen LogP contribution is 2.15. The summed E-state index contributed by atoms with van der Waals surface area (Å²) in [5, 5.41) is 12.1. The van der Waals surface area contributed by atoms with E-state index >= 15 is 0 Å². The molecule has 1 heterocycles. The molecule has 4 nitrogen and oxygen atoms in total. The molecule has 4 heteroatoms. The minimum absolute atomic E-state index is 0.0615. The summed E-state index contributed by atoms with van der Waals surface area (Å²) in [6.45, 7) is 1.98. The number of nitriles is 1. The first-order chi connectivity index (χ1) is 12.2. The van der Waals surface area contributed by atoms with Gasteiger partial charge in [0.2, 0.25) is 0 Å². The molecule has 0 saturated carbocycles. The van der Waals surface area contributed by atoms with E-state index in [-0.39, 0.29) is 5.57 Å². The maximum absolute atomic E-state index is 12.3. The summed E-state index contributed by atoms with van der Waals surface area (Å²) in [5.74, 6) is -0.418. The van der Waals surface area contributed by atoms with Crippen molar-refractivity contribution in [1.82, 2.24) is 4.57 Å². The molecule has 0 bridgehead atoms. The molecular weight excluding hydrogens is 310 g/mol. The van der Waals surface area contributed by atoms with Crippen molar-refractivity contribution in [2.75, 3.05) is 5.32 Å². The molecular formula is C21H17N3O. The highest BCUT2D eigenvalue weighted by molar-refractivity contribution is 6.09. The van der Waals surface area contributed by atoms with E-state index in [1.165, 1.54) is 0 Å². The predicted octanol–water partition coefficient (Wildman–Crippen LogP) is 4.33. The van der Waals surface area contributed by atoms with E-state index in [0.29, 0.717) is 5.69 Å². The van der Waals surface area contributed by atoms with Crippen molar-refractivity contribution in [2.24, 2.45) is 0 Å². The van der Waals surface area contributed by atoms with Crippen LogP contribution in [0.2, 0.25) is 0 Å². The number of anilines is 1. The number of aromatic nitrogens is 1. The normalized spacial score (nSPS) is 11.0. The van der Waals surface area contributed by atoms with Crippen molar-refractivity contribution in [2.45, 2.75) is 6.92 Å². The summed E-state index contributed by atoms with van der Waals surface area (Å²) in [4.78, 5) is 12.3. The van der Waals surface area contributed by atoms with Crippen molar-refractivity contribution < 1.29 is 4.79 Å². The van der Waals surface area contributed by atoms with E-state index in [1.807, 2.05) is 90.6 Å². The number of rotatable bonds is 4. The van der Waals surface area contributed by atoms with Crippen LogP contribution < -0.4 is 5.32 Å². The Kier molecular flexibility index (Phi) is 4.77. The van der Waals surface area contributed by atoms with Crippen molar-refractivity contribution in [3.8, 4) is 11.8 Å². The molecule has 1 aromatic heterocycles. The molecule has 25 heavy (non-hydrogen) atoms. The number of nitrogens with one attached hydrogen (secondary N) is 1. The first-order valence-corrected chi connectivity index (χ1v) is 7.89.